The smallest absolute Gasteiger partial charge is 0.407 e. The van der Waals surface area contributed by atoms with Gasteiger partial charge in [0.15, 0.2) is 0 Å². The molecule has 1 heterocycles. The number of carbonyl (C=O) groups excluding carboxylic acids is 1. The lowest BCUT2D eigenvalue weighted by Crippen LogP contribution is -2.40. The number of rotatable bonds is 6. The third-order valence-electron chi connectivity index (χ3n) is 3.95. The molecule has 1 aromatic rings. The highest BCUT2D eigenvalue weighted by atomic mass is 32.2. The molecule has 1 N–H and O–H groups in total. The summed E-state index contributed by atoms with van der Waals surface area (Å²) < 4.78 is 34.7. The third-order valence-corrected chi connectivity index (χ3v) is 5.28. The summed E-state index contributed by atoms with van der Waals surface area (Å²) in [6.45, 7) is 9.33. The Balaban J connectivity index is 1.74. The van der Waals surface area contributed by atoms with Gasteiger partial charge in [0, 0.05) is 25.7 Å². The van der Waals surface area contributed by atoms with Gasteiger partial charge in [-0.25, -0.2) is 4.79 Å². The van der Waals surface area contributed by atoms with Crippen molar-refractivity contribution in [2.75, 3.05) is 26.2 Å². The molecule has 1 aromatic carbocycles. The van der Waals surface area contributed by atoms with Gasteiger partial charge in [0.1, 0.15) is 5.60 Å². The lowest BCUT2D eigenvalue weighted by atomic mass is 10.2. The van der Waals surface area contributed by atoms with Gasteiger partial charge in [-0.05, 0) is 46.2 Å². The Hall–Kier alpha value is -1.64. The van der Waals surface area contributed by atoms with Gasteiger partial charge in [-0.1, -0.05) is 17.7 Å². The lowest BCUT2D eigenvalue weighted by molar-refractivity contribution is 0.0505. The summed E-state index contributed by atoms with van der Waals surface area (Å²) in [5, 5.41) is 2.84. The highest BCUT2D eigenvalue weighted by Crippen LogP contribution is 2.15. The topological polar surface area (TPSA) is 84.9 Å². The number of nitrogens with one attached hydrogen (secondary N) is 1. The first-order valence-corrected chi connectivity index (χ1v) is 10.1. The molecule has 0 bridgehead atoms. The van der Waals surface area contributed by atoms with Crippen molar-refractivity contribution in [3.8, 4) is 0 Å². The van der Waals surface area contributed by atoms with Crippen LogP contribution in [0.1, 0.15) is 32.8 Å². The van der Waals surface area contributed by atoms with Gasteiger partial charge in [-0.2, -0.15) is 8.42 Å². The molecule has 2 rings (SSSR count). The maximum Gasteiger partial charge on any atom is 0.407 e. The van der Waals surface area contributed by atoms with E-state index in [1.807, 2.05) is 27.7 Å². The van der Waals surface area contributed by atoms with Gasteiger partial charge >= 0.3 is 6.09 Å². The van der Waals surface area contributed by atoms with E-state index in [9.17, 15) is 13.2 Å². The maximum atomic E-state index is 12.1. The standard InChI is InChI=1S/C18H28N2O5S/c1-14-5-7-16(8-6-14)26(22,23)24-12-11-20-10-9-15(13-20)19-17(21)25-18(2,3)4/h5-8,15H,9-13H2,1-4H3,(H,19,21)/t15-/m1/s1. The fourth-order valence-electron chi connectivity index (χ4n) is 2.68. The molecular formula is C18H28N2O5S. The molecule has 26 heavy (non-hydrogen) atoms. The molecule has 1 atom stereocenters. The van der Waals surface area contributed by atoms with Crippen molar-refractivity contribution in [3.63, 3.8) is 0 Å². The van der Waals surface area contributed by atoms with Crippen LogP contribution in [0.3, 0.4) is 0 Å². The Bertz CT molecular complexity index is 710. The van der Waals surface area contributed by atoms with Crippen LogP contribution in [0.5, 0.6) is 0 Å². The predicted octanol–water partition coefficient (Wildman–Crippen LogP) is 2.30. The average Bonchev–Trinajstić information content (AvgIpc) is 2.92. The minimum atomic E-state index is -3.74. The van der Waals surface area contributed by atoms with Gasteiger partial charge in [0.2, 0.25) is 0 Å². The summed E-state index contributed by atoms with van der Waals surface area (Å²) in [6, 6.07) is 6.56. The molecule has 1 aliphatic heterocycles. The van der Waals surface area contributed by atoms with Crippen LogP contribution in [0.25, 0.3) is 0 Å². The number of ether oxygens (including phenoxy) is 1. The van der Waals surface area contributed by atoms with E-state index in [4.69, 9.17) is 8.92 Å². The van der Waals surface area contributed by atoms with Gasteiger partial charge in [0.05, 0.1) is 11.5 Å². The molecule has 1 aliphatic rings. The number of likely N-dealkylation sites (tertiary alicyclic amines) is 1. The van der Waals surface area contributed by atoms with Gasteiger partial charge < -0.3 is 10.1 Å². The zero-order valence-corrected chi connectivity index (χ0v) is 16.6. The van der Waals surface area contributed by atoms with Crippen LogP contribution in [0, 0.1) is 6.92 Å². The quantitative estimate of drug-likeness (QED) is 0.758. The summed E-state index contributed by atoms with van der Waals surface area (Å²) in [7, 11) is -3.74. The van der Waals surface area contributed by atoms with E-state index in [1.54, 1.807) is 24.3 Å². The summed E-state index contributed by atoms with van der Waals surface area (Å²) >= 11 is 0. The zero-order chi connectivity index (χ0) is 19.4. The van der Waals surface area contributed by atoms with Crippen molar-refractivity contribution < 1.29 is 22.1 Å². The second-order valence-electron chi connectivity index (χ2n) is 7.52. The number of nitrogens with zero attached hydrogens (tertiary/aromatic N) is 1. The number of hydrogen-bond acceptors (Lipinski definition) is 6. The minimum Gasteiger partial charge on any atom is -0.444 e. The van der Waals surface area contributed by atoms with Crippen LogP contribution in [0.15, 0.2) is 29.2 Å². The van der Waals surface area contributed by atoms with E-state index in [1.165, 1.54) is 0 Å². The number of hydrogen-bond donors (Lipinski definition) is 1. The Labute approximate surface area is 155 Å². The van der Waals surface area contributed by atoms with Gasteiger partial charge in [0.25, 0.3) is 10.1 Å². The molecule has 0 aliphatic carbocycles. The van der Waals surface area contributed by atoms with Crippen molar-refractivity contribution in [1.82, 2.24) is 10.2 Å². The van der Waals surface area contributed by atoms with Gasteiger partial charge in [-0.3, -0.25) is 9.08 Å². The first-order valence-electron chi connectivity index (χ1n) is 8.73. The maximum absolute atomic E-state index is 12.1. The Kier molecular flexibility index (Phi) is 6.65. The van der Waals surface area contributed by atoms with E-state index in [0.29, 0.717) is 13.1 Å². The van der Waals surface area contributed by atoms with E-state index < -0.39 is 21.8 Å². The monoisotopic (exact) mass is 384 g/mol. The lowest BCUT2D eigenvalue weighted by Gasteiger charge is -2.22. The normalized spacial score (nSPS) is 18.7. The first kappa shape index (κ1) is 20.7. The highest BCUT2D eigenvalue weighted by molar-refractivity contribution is 7.86. The molecule has 0 unspecified atom stereocenters. The van der Waals surface area contributed by atoms with Crippen LogP contribution in [0.2, 0.25) is 0 Å². The number of benzene rings is 1. The molecule has 0 spiro atoms. The Morgan fingerprint density at radius 2 is 1.92 bits per heavy atom. The predicted molar refractivity (Wildman–Crippen MR) is 98.5 cm³/mol. The SMILES string of the molecule is Cc1ccc(S(=O)(=O)OCCN2CC[C@@H](NC(=O)OC(C)(C)C)C2)cc1. The van der Waals surface area contributed by atoms with Crippen LogP contribution < -0.4 is 5.32 Å². The molecule has 0 radical (unpaired) electrons. The molecule has 0 aromatic heterocycles. The highest BCUT2D eigenvalue weighted by Gasteiger charge is 2.26. The third kappa shape index (κ3) is 6.59. The van der Waals surface area contributed by atoms with Crippen molar-refractivity contribution in [2.45, 2.75) is 50.7 Å². The fraction of sp³-hybridized carbons (Fsp3) is 0.611. The fourth-order valence-corrected chi connectivity index (χ4v) is 3.58. The van der Waals surface area contributed by atoms with Crippen LogP contribution in [-0.4, -0.2) is 57.3 Å². The Morgan fingerprint density at radius 1 is 1.27 bits per heavy atom. The molecular weight excluding hydrogens is 356 g/mol. The largest absolute Gasteiger partial charge is 0.444 e. The summed E-state index contributed by atoms with van der Waals surface area (Å²) in [5.41, 5.74) is 0.463. The summed E-state index contributed by atoms with van der Waals surface area (Å²) in [6.07, 6.45) is 0.367. The Morgan fingerprint density at radius 3 is 2.54 bits per heavy atom. The second kappa shape index (κ2) is 8.37. The number of alkyl carbamates (subject to hydrolysis) is 1. The average molecular weight is 384 g/mol. The first-order chi connectivity index (χ1) is 12.0. The van der Waals surface area contributed by atoms with E-state index in [2.05, 4.69) is 10.2 Å². The second-order valence-corrected chi connectivity index (χ2v) is 9.14. The molecule has 1 fully saturated rings. The minimum absolute atomic E-state index is 0.00134. The van der Waals surface area contributed by atoms with Crippen LogP contribution >= 0.6 is 0 Å². The molecule has 0 saturated carbocycles. The van der Waals surface area contributed by atoms with E-state index in [0.717, 1.165) is 18.5 Å². The summed E-state index contributed by atoms with van der Waals surface area (Å²) in [4.78, 5) is 14.0. The van der Waals surface area contributed by atoms with Crippen LogP contribution in [0.4, 0.5) is 4.79 Å². The number of aryl methyl sites for hydroxylation is 1. The number of amides is 1. The van der Waals surface area contributed by atoms with E-state index >= 15 is 0 Å². The van der Waals surface area contributed by atoms with Crippen molar-refractivity contribution >= 4 is 16.2 Å². The molecule has 7 nitrogen and oxygen atoms in total. The molecule has 8 heteroatoms. The molecule has 1 amide bonds. The van der Waals surface area contributed by atoms with Crippen molar-refractivity contribution in [2.24, 2.45) is 0 Å². The number of carbonyl (C=O) groups is 1. The van der Waals surface area contributed by atoms with Crippen molar-refractivity contribution in [1.29, 1.82) is 0 Å². The van der Waals surface area contributed by atoms with Crippen molar-refractivity contribution in [3.05, 3.63) is 29.8 Å². The zero-order valence-electron chi connectivity index (χ0n) is 15.8. The molecule has 146 valence electrons. The summed E-state index contributed by atoms with van der Waals surface area (Å²) in [5.74, 6) is 0. The van der Waals surface area contributed by atoms with Gasteiger partial charge in [-0.15, -0.1) is 0 Å². The molecule has 1 saturated heterocycles. The van der Waals surface area contributed by atoms with Crippen LogP contribution in [-0.2, 0) is 19.0 Å². The van der Waals surface area contributed by atoms with E-state index in [-0.39, 0.29) is 17.5 Å².